The minimum Gasteiger partial charge on any atom is -0.292 e. The average Bonchev–Trinajstić information content (AvgIpc) is 3.29. The molecule has 0 spiro atoms. The van der Waals surface area contributed by atoms with Crippen molar-refractivity contribution in [3.63, 3.8) is 0 Å². The third-order valence-electron chi connectivity index (χ3n) is 7.22. The van der Waals surface area contributed by atoms with Gasteiger partial charge in [0.25, 0.3) is 0 Å². The van der Waals surface area contributed by atoms with E-state index in [2.05, 4.69) is 72.5 Å². The zero-order valence-electron chi connectivity index (χ0n) is 16.8. The Balaban J connectivity index is 1.64. The Hall–Kier alpha value is -2.89. The van der Waals surface area contributed by atoms with Gasteiger partial charge in [-0.1, -0.05) is 55.5 Å². The van der Waals surface area contributed by atoms with E-state index in [9.17, 15) is 5.26 Å². The molecule has 1 heterocycles. The van der Waals surface area contributed by atoms with Crippen molar-refractivity contribution in [1.29, 1.82) is 5.26 Å². The summed E-state index contributed by atoms with van der Waals surface area (Å²) in [6, 6.07) is 22.6. The molecule has 0 amide bonds. The number of rotatable bonds is 1. The maximum Gasteiger partial charge on any atom is 0.0995 e. The Morgan fingerprint density at radius 1 is 0.897 bits per heavy atom. The van der Waals surface area contributed by atoms with Crippen LogP contribution in [0.4, 0.5) is 0 Å². The van der Waals surface area contributed by atoms with Gasteiger partial charge in [0, 0.05) is 5.56 Å². The fourth-order valence-corrected chi connectivity index (χ4v) is 5.77. The summed E-state index contributed by atoms with van der Waals surface area (Å²) in [7, 11) is 0. The summed E-state index contributed by atoms with van der Waals surface area (Å²) in [5.74, 6) is 0.796. The van der Waals surface area contributed by atoms with Crippen LogP contribution in [0.1, 0.15) is 53.6 Å². The van der Waals surface area contributed by atoms with Crippen LogP contribution < -0.4 is 0 Å². The van der Waals surface area contributed by atoms with Crippen LogP contribution in [0.2, 0.25) is 0 Å². The first kappa shape index (κ1) is 17.0. The highest BCUT2D eigenvalue weighted by molar-refractivity contribution is 5.97. The molecule has 142 valence electrons. The molecule has 0 N–H and O–H groups in total. The fourth-order valence-electron chi connectivity index (χ4n) is 5.77. The molecule has 0 aromatic heterocycles. The van der Waals surface area contributed by atoms with E-state index >= 15 is 0 Å². The highest BCUT2D eigenvalue weighted by Crippen LogP contribution is 2.55. The van der Waals surface area contributed by atoms with Crippen LogP contribution in [-0.2, 0) is 6.42 Å². The van der Waals surface area contributed by atoms with Crippen LogP contribution >= 0.6 is 0 Å². The standard InChI is InChI=1S/C27H24N2/c1-17-10-12-29(13-11-17)27-23-9-5-4-8-22(23)26-24-19(15-20(16-28)25(26)27)14-18-6-2-3-7-21(18)24/h2-9,15,17,27H,10-14H2,1H3. The molecule has 1 saturated heterocycles. The van der Waals surface area contributed by atoms with Crippen molar-refractivity contribution in [1.82, 2.24) is 4.90 Å². The predicted octanol–water partition coefficient (Wildman–Crippen LogP) is 5.93. The third kappa shape index (κ3) is 2.38. The highest BCUT2D eigenvalue weighted by Gasteiger charge is 2.39. The van der Waals surface area contributed by atoms with Crippen molar-refractivity contribution >= 4 is 0 Å². The molecule has 2 aliphatic carbocycles. The Kier molecular flexibility index (Phi) is 3.70. The van der Waals surface area contributed by atoms with Crippen LogP contribution in [0.15, 0.2) is 54.6 Å². The minimum absolute atomic E-state index is 0.210. The third-order valence-corrected chi connectivity index (χ3v) is 7.22. The quantitative estimate of drug-likeness (QED) is 0.412. The van der Waals surface area contributed by atoms with E-state index < -0.39 is 0 Å². The molecule has 1 fully saturated rings. The van der Waals surface area contributed by atoms with E-state index in [-0.39, 0.29) is 6.04 Å². The van der Waals surface area contributed by atoms with E-state index in [0.717, 1.165) is 31.0 Å². The van der Waals surface area contributed by atoms with Crippen molar-refractivity contribution in [2.75, 3.05) is 13.1 Å². The lowest BCUT2D eigenvalue weighted by molar-refractivity contribution is 0.160. The van der Waals surface area contributed by atoms with Crippen LogP contribution in [0.3, 0.4) is 0 Å². The number of nitriles is 1. The van der Waals surface area contributed by atoms with Crippen molar-refractivity contribution in [3.05, 3.63) is 82.4 Å². The zero-order valence-corrected chi connectivity index (χ0v) is 16.8. The fraction of sp³-hybridized carbons (Fsp3) is 0.296. The van der Waals surface area contributed by atoms with Gasteiger partial charge in [-0.2, -0.15) is 5.26 Å². The van der Waals surface area contributed by atoms with E-state index in [1.54, 1.807) is 0 Å². The molecule has 0 saturated carbocycles. The summed E-state index contributed by atoms with van der Waals surface area (Å²) >= 11 is 0. The summed E-state index contributed by atoms with van der Waals surface area (Å²) in [5, 5.41) is 10.1. The molecule has 1 unspecified atom stereocenters. The summed E-state index contributed by atoms with van der Waals surface area (Å²) in [5.41, 5.74) is 11.6. The number of fused-ring (bicyclic) bond motifs is 7. The molecule has 3 aromatic carbocycles. The Morgan fingerprint density at radius 2 is 1.62 bits per heavy atom. The second kappa shape index (κ2) is 6.31. The van der Waals surface area contributed by atoms with Crippen LogP contribution in [-0.4, -0.2) is 18.0 Å². The van der Waals surface area contributed by atoms with Gasteiger partial charge in [0.05, 0.1) is 17.7 Å². The number of hydrogen-bond acceptors (Lipinski definition) is 2. The smallest absolute Gasteiger partial charge is 0.0995 e. The van der Waals surface area contributed by atoms with Crippen LogP contribution in [0.25, 0.3) is 22.3 Å². The van der Waals surface area contributed by atoms with Gasteiger partial charge in [-0.3, -0.25) is 4.90 Å². The first-order chi connectivity index (χ1) is 14.3. The Morgan fingerprint density at radius 3 is 2.41 bits per heavy atom. The van der Waals surface area contributed by atoms with Crippen molar-refractivity contribution < 1.29 is 0 Å². The molecular formula is C27H24N2. The monoisotopic (exact) mass is 376 g/mol. The maximum absolute atomic E-state index is 10.1. The lowest BCUT2D eigenvalue weighted by Gasteiger charge is -2.36. The van der Waals surface area contributed by atoms with Gasteiger partial charge in [-0.05, 0) is 83.3 Å². The molecule has 3 aromatic rings. The molecular weight excluding hydrogens is 352 g/mol. The number of piperidine rings is 1. The van der Waals surface area contributed by atoms with Gasteiger partial charge >= 0.3 is 0 Å². The van der Waals surface area contributed by atoms with Gasteiger partial charge in [0.1, 0.15) is 0 Å². The molecule has 1 atom stereocenters. The average molecular weight is 377 g/mol. The SMILES string of the molecule is CC1CCN(C2c3ccccc3-c3c4c(cc(C#N)c32)Cc2ccccc2-4)CC1. The molecule has 1 aliphatic heterocycles. The van der Waals surface area contributed by atoms with Crippen LogP contribution in [0.5, 0.6) is 0 Å². The predicted molar refractivity (Wildman–Crippen MR) is 117 cm³/mol. The Labute approximate surface area is 172 Å². The van der Waals surface area contributed by atoms with Gasteiger partial charge in [-0.15, -0.1) is 0 Å². The number of benzene rings is 3. The molecule has 2 nitrogen and oxygen atoms in total. The van der Waals surface area contributed by atoms with Gasteiger partial charge in [-0.25, -0.2) is 0 Å². The summed E-state index contributed by atoms with van der Waals surface area (Å²) in [4.78, 5) is 2.62. The highest BCUT2D eigenvalue weighted by atomic mass is 15.2. The number of nitrogens with zero attached hydrogens (tertiary/aromatic N) is 2. The van der Waals surface area contributed by atoms with E-state index in [4.69, 9.17) is 0 Å². The molecule has 6 rings (SSSR count). The van der Waals surface area contributed by atoms with Crippen molar-refractivity contribution in [2.45, 2.75) is 32.2 Å². The second-order valence-corrected chi connectivity index (χ2v) is 8.90. The first-order valence-electron chi connectivity index (χ1n) is 10.8. The molecule has 0 radical (unpaired) electrons. The number of hydrogen-bond donors (Lipinski definition) is 0. The first-order valence-corrected chi connectivity index (χ1v) is 10.8. The summed E-state index contributed by atoms with van der Waals surface area (Å²) < 4.78 is 0. The minimum atomic E-state index is 0.210. The maximum atomic E-state index is 10.1. The van der Waals surface area contributed by atoms with Crippen molar-refractivity contribution in [2.24, 2.45) is 5.92 Å². The molecule has 29 heavy (non-hydrogen) atoms. The molecule has 3 aliphatic rings. The van der Waals surface area contributed by atoms with E-state index in [0.29, 0.717) is 0 Å². The summed E-state index contributed by atoms with van der Waals surface area (Å²) in [6.07, 6.45) is 3.41. The molecule has 0 bridgehead atoms. The zero-order chi connectivity index (χ0) is 19.5. The topological polar surface area (TPSA) is 27.0 Å². The van der Waals surface area contributed by atoms with E-state index in [1.165, 1.54) is 57.3 Å². The molecule has 2 heteroatoms. The second-order valence-electron chi connectivity index (χ2n) is 8.90. The van der Waals surface area contributed by atoms with Gasteiger partial charge in [0.2, 0.25) is 0 Å². The largest absolute Gasteiger partial charge is 0.292 e. The number of likely N-dealkylation sites (tertiary alicyclic amines) is 1. The lowest BCUT2D eigenvalue weighted by Crippen LogP contribution is -2.36. The normalized spacial score (nSPS) is 19.9. The Bertz CT molecular complexity index is 1180. The van der Waals surface area contributed by atoms with Crippen molar-refractivity contribution in [3.8, 4) is 28.3 Å². The van der Waals surface area contributed by atoms with Gasteiger partial charge < -0.3 is 0 Å². The summed E-state index contributed by atoms with van der Waals surface area (Å²) in [6.45, 7) is 4.58. The van der Waals surface area contributed by atoms with Crippen LogP contribution in [0, 0.1) is 17.2 Å². The lowest BCUT2D eigenvalue weighted by atomic mass is 9.89. The van der Waals surface area contributed by atoms with Gasteiger partial charge in [0.15, 0.2) is 0 Å². The van der Waals surface area contributed by atoms with E-state index in [1.807, 2.05) is 0 Å².